The molecule has 0 aromatic carbocycles. The third-order valence-corrected chi connectivity index (χ3v) is 5.14. The fourth-order valence-corrected chi connectivity index (χ4v) is 3.41. The molecule has 2 aliphatic rings. The summed E-state index contributed by atoms with van der Waals surface area (Å²) >= 11 is 0. The predicted octanol–water partition coefficient (Wildman–Crippen LogP) is 1.64. The minimum atomic E-state index is -1.24. The SMILES string of the molecule is N[C@@H]1CCCC[C@H]1N.O=C(O)C(CCCCN1CCCCC1)C(=O)O.[Pt]. The van der Waals surface area contributed by atoms with Gasteiger partial charge in [0.15, 0.2) is 5.92 Å². The van der Waals surface area contributed by atoms with Crippen molar-refractivity contribution in [3.63, 3.8) is 0 Å². The van der Waals surface area contributed by atoms with Crippen molar-refractivity contribution in [2.45, 2.75) is 76.3 Å². The molecule has 0 amide bonds. The van der Waals surface area contributed by atoms with Gasteiger partial charge in [0.05, 0.1) is 0 Å². The van der Waals surface area contributed by atoms with Crippen LogP contribution in [0, 0.1) is 5.92 Å². The standard InChI is InChI=1S/C12H21NO4.C6H14N2.Pt/c14-11(15)10(12(16)17)6-2-5-9-13-7-3-1-4-8-13;7-5-3-1-2-4-6(5)8;/h10H,1-9H2,(H,14,15)(H,16,17);5-6H,1-4,7-8H2;/t;5-,6-;/m.1./s1. The van der Waals surface area contributed by atoms with Crippen LogP contribution in [0.5, 0.6) is 0 Å². The molecule has 2 rings (SSSR count). The van der Waals surface area contributed by atoms with Crippen molar-refractivity contribution in [1.29, 1.82) is 0 Å². The Kier molecular flexibility index (Phi) is 14.3. The van der Waals surface area contributed by atoms with E-state index in [0.29, 0.717) is 6.42 Å². The molecule has 7 nitrogen and oxygen atoms in total. The Morgan fingerprint density at radius 1 is 0.885 bits per heavy atom. The normalized spacial score (nSPS) is 23.5. The van der Waals surface area contributed by atoms with Gasteiger partial charge in [-0.3, -0.25) is 9.59 Å². The molecule has 0 radical (unpaired) electrons. The van der Waals surface area contributed by atoms with E-state index < -0.39 is 17.9 Å². The third-order valence-electron chi connectivity index (χ3n) is 5.14. The minimum Gasteiger partial charge on any atom is -0.481 e. The van der Waals surface area contributed by atoms with E-state index >= 15 is 0 Å². The summed E-state index contributed by atoms with van der Waals surface area (Å²) in [4.78, 5) is 23.7. The molecule has 1 aliphatic carbocycles. The van der Waals surface area contributed by atoms with Crippen LogP contribution in [-0.4, -0.2) is 58.8 Å². The van der Waals surface area contributed by atoms with E-state index in [1.165, 1.54) is 32.1 Å². The molecule has 156 valence electrons. The van der Waals surface area contributed by atoms with Crippen molar-refractivity contribution in [3.8, 4) is 0 Å². The summed E-state index contributed by atoms with van der Waals surface area (Å²) in [5.74, 6) is -3.69. The van der Waals surface area contributed by atoms with Crippen molar-refractivity contribution < 1.29 is 40.9 Å². The topological polar surface area (TPSA) is 130 Å². The van der Waals surface area contributed by atoms with E-state index in [0.717, 1.165) is 38.9 Å². The van der Waals surface area contributed by atoms with Gasteiger partial charge in [0.1, 0.15) is 0 Å². The number of nitrogens with two attached hydrogens (primary N) is 2. The summed E-state index contributed by atoms with van der Waals surface area (Å²) in [6.45, 7) is 3.22. The number of likely N-dealkylation sites (tertiary alicyclic amines) is 1. The molecule has 0 bridgehead atoms. The van der Waals surface area contributed by atoms with Crippen LogP contribution in [0.15, 0.2) is 0 Å². The number of rotatable bonds is 7. The van der Waals surface area contributed by atoms with Crippen molar-refractivity contribution in [2.75, 3.05) is 19.6 Å². The average Bonchev–Trinajstić information content (AvgIpc) is 2.58. The van der Waals surface area contributed by atoms with Gasteiger partial charge in [-0.05, 0) is 58.2 Å². The maximum Gasteiger partial charge on any atom is 0.317 e. The Bertz CT molecular complexity index is 382. The van der Waals surface area contributed by atoms with Crippen LogP contribution in [0.1, 0.15) is 64.2 Å². The predicted molar refractivity (Wildman–Crippen MR) is 97.3 cm³/mol. The quantitative estimate of drug-likeness (QED) is 0.279. The van der Waals surface area contributed by atoms with Gasteiger partial charge in [-0.25, -0.2) is 0 Å². The van der Waals surface area contributed by atoms with Crippen LogP contribution in [0.25, 0.3) is 0 Å². The maximum atomic E-state index is 10.6. The van der Waals surface area contributed by atoms with Crippen LogP contribution in [0.4, 0.5) is 0 Å². The average molecular weight is 553 g/mol. The van der Waals surface area contributed by atoms with Crippen molar-refractivity contribution in [2.24, 2.45) is 17.4 Å². The van der Waals surface area contributed by atoms with Gasteiger partial charge in [-0.15, -0.1) is 0 Å². The summed E-state index contributed by atoms with van der Waals surface area (Å²) in [7, 11) is 0. The van der Waals surface area contributed by atoms with Crippen LogP contribution < -0.4 is 11.5 Å². The van der Waals surface area contributed by atoms with Gasteiger partial charge in [-0.2, -0.15) is 0 Å². The molecule has 8 heteroatoms. The second kappa shape index (κ2) is 14.6. The fraction of sp³-hybridized carbons (Fsp3) is 0.889. The molecule has 0 aromatic rings. The van der Waals surface area contributed by atoms with Gasteiger partial charge in [0.2, 0.25) is 0 Å². The zero-order valence-corrected chi connectivity index (χ0v) is 17.8. The number of piperidine rings is 1. The molecule has 0 spiro atoms. The first-order valence-corrected chi connectivity index (χ1v) is 9.61. The minimum absolute atomic E-state index is 0. The van der Waals surface area contributed by atoms with Crippen LogP contribution in [-0.2, 0) is 30.7 Å². The zero-order chi connectivity index (χ0) is 18.7. The van der Waals surface area contributed by atoms with E-state index in [2.05, 4.69) is 4.90 Å². The van der Waals surface area contributed by atoms with Crippen LogP contribution in [0.2, 0.25) is 0 Å². The van der Waals surface area contributed by atoms with E-state index in [-0.39, 0.29) is 39.6 Å². The first-order chi connectivity index (χ1) is 11.9. The molecule has 2 fully saturated rings. The first-order valence-electron chi connectivity index (χ1n) is 9.61. The summed E-state index contributed by atoms with van der Waals surface area (Å²) in [5, 5.41) is 17.4. The molecule has 6 N–H and O–H groups in total. The van der Waals surface area contributed by atoms with Gasteiger partial charge in [0, 0.05) is 33.1 Å². The number of nitrogens with zero attached hydrogens (tertiary/aromatic N) is 1. The van der Waals surface area contributed by atoms with Gasteiger partial charge in [0.25, 0.3) is 0 Å². The molecular weight excluding hydrogens is 517 g/mol. The number of hydrogen-bond acceptors (Lipinski definition) is 5. The van der Waals surface area contributed by atoms with Crippen molar-refractivity contribution in [1.82, 2.24) is 4.90 Å². The van der Waals surface area contributed by atoms with Gasteiger partial charge >= 0.3 is 11.9 Å². The number of carboxylic acid groups (broad SMARTS) is 2. The molecule has 2 atom stereocenters. The molecule has 1 aliphatic heterocycles. The number of carboxylic acids is 2. The largest absolute Gasteiger partial charge is 0.481 e. The van der Waals surface area contributed by atoms with Gasteiger partial charge < -0.3 is 26.6 Å². The Morgan fingerprint density at radius 2 is 1.38 bits per heavy atom. The Morgan fingerprint density at radius 3 is 1.81 bits per heavy atom. The maximum absolute atomic E-state index is 10.6. The van der Waals surface area contributed by atoms with E-state index in [1.807, 2.05) is 0 Å². The molecule has 26 heavy (non-hydrogen) atoms. The summed E-state index contributed by atoms with van der Waals surface area (Å²) in [5.41, 5.74) is 11.3. The van der Waals surface area contributed by atoms with Gasteiger partial charge in [-0.1, -0.05) is 25.7 Å². The van der Waals surface area contributed by atoms with Crippen molar-refractivity contribution in [3.05, 3.63) is 0 Å². The first kappa shape index (κ1) is 25.5. The number of unbranched alkanes of at least 4 members (excludes halogenated alkanes) is 1. The Hall–Kier alpha value is -0.492. The second-order valence-electron chi connectivity index (χ2n) is 7.24. The molecule has 0 aromatic heterocycles. The second-order valence-corrected chi connectivity index (χ2v) is 7.24. The molecule has 1 saturated heterocycles. The monoisotopic (exact) mass is 552 g/mol. The Labute approximate surface area is 171 Å². The Balaban J connectivity index is 0.000000583. The third kappa shape index (κ3) is 10.6. The van der Waals surface area contributed by atoms with E-state index in [4.69, 9.17) is 21.7 Å². The van der Waals surface area contributed by atoms with Crippen molar-refractivity contribution >= 4 is 11.9 Å². The number of carbonyl (C=O) groups is 2. The van der Waals surface area contributed by atoms with E-state index in [9.17, 15) is 9.59 Å². The van der Waals surface area contributed by atoms with E-state index in [1.54, 1.807) is 0 Å². The van der Waals surface area contributed by atoms with Crippen LogP contribution >= 0.6 is 0 Å². The number of aliphatic carboxylic acids is 2. The summed E-state index contributed by atoms with van der Waals surface area (Å²) in [6, 6.07) is 0.562. The van der Waals surface area contributed by atoms with Crippen LogP contribution in [0.3, 0.4) is 0 Å². The number of hydrogen-bond donors (Lipinski definition) is 4. The molecule has 0 unspecified atom stereocenters. The molecular formula is C18H35N3O4Pt. The zero-order valence-electron chi connectivity index (χ0n) is 15.6. The molecule has 1 saturated carbocycles. The smallest absolute Gasteiger partial charge is 0.317 e. The summed E-state index contributed by atoms with van der Waals surface area (Å²) in [6.07, 6.45) is 10.4. The fourth-order valence-electron chi connectivity index (χ4n) is 3.41. The summed E-state index contributed by atoms with van der Waals surface area (Å²) < 4.78 is 0. The molecule has 1 heterocycles.